The first-order valence-corrected chi connectivity index (χ1v) is 10.2. The second-order valence-electron chi connectivity index (χ2n) is 6.67. The van der Waals surface area contributed by atoms with E-state index in [2.05, 4.69) is 74.8 Å². The van der Waals surface area contributed by atoms with E-state index in [1.807, 2.05) is 0 Å². The molecule has 2 unspecified atom stereocenters. The van der Waals surface area contributed by atoms with Gasteiger partial charge in [-0.05, 0) is 51.7 Å². The van der Waals surface area contributed by atoms with Crippen LogP contribution in [0.15, 0.2) is 22.5 Å². The number of thiophene rings is 1. The molecular weight excluding hydrogens is 332 g/mol. The third-order valence-corrected chi connectivity index (χ3v) is 5.08. The summed E-state index contributed by atoms with van der Waals surface area (Å²) >= 11 is 1.79. The first-order chi connectivity index (χ1) is 12.0. The van der Waals surface area contributed by atoms with E-state index >= 15 is 0 Å². The third kappa shape index (κ3) is 8.21. The van der Waals surface area contributed by atoms with Gasteiger partial charge in [0, 0.05) is 24.6 Å². The maximum Gasteiger partial charge on any atom is 0.191 e. The summed E-state index contributed by atoms with van der Waals surface area (Å²) in [5.41, 5.74) is 0. The monoisotopic (exact) mass is 368 g/mol. The van der Waals surface area contributed by atoms with Crippen LogP contribution in [0.1, 0.15) is 45.0 Å². The molecule has 25 heavy (non-hydrogen) atoms. The van der Waals surface area contributed by atoms with Crippen LogP contribution in [0.2, 0.25) is 0 Å². The molecule has 0 aromatic carbocycles. The Kier molecular flexibility index (Phi) is 10.8. The van der Waals surface area contributed by atoms with Crippen molar-refractivity contribution in [2.24, 2.45) is 10.9 Å². The molecule has 5 nitrogen and oxygen atoms in total. The molecule has 144 valence electrons. The highest BCUT2D eigenvalue weighted by atomic mass is 32.1. The largest absolute Gasteiger partial charge is 0.378 e. The van der Waals surface area contributed by atoms with E-state index in [9.17, 15) is 0 Å². The Morgan fingerprint density at radius 3 is 2.56 bits per heavy atom. The molecular formula is C19H36N4OS. The van der Waals surface area contributed by atoms with Crippen molar-refractivity contribution in [2.45, 2.75) is 46.3 Å². The minimum absolute atomic E-state index is 0.293. The lowest BCUT2D eigenvalue weighted by Crippen LogP contribution is -2.40. The molecule has 0 aliphatic carbocycles. The van der Waals surface area contributed by atoms with Crippen LogP contribution in [-0.4, -0.2) is 57.3 Å². The minimum atomic E-state index is 0.293. The van der Waals surface area contributed by atoms with Crippen molar-refractivity contribution in [2.75, 3.05) is 40.3 Å². The van der Waals surface area contributed by atoms with Crippen LogP contribution in [0.25, 0.3) is 0 Å². The maximum atomic E-state index is 5.82. The van der Waals surface area contributed by atoms with Crippen molar-refractivity contribution in [1.82, 2.24) is 15.5 Å². The Morgan fingerprint density at radius 1 is 1.28 bits per heavy atom. The summed E-state index contributed by atoms with van der Waals surface area (Å²) in [4.78, 5) is 8.37. The zero-order valence-electron chi connectivity index (χ0n) is 16.7. The van der Waals surface area contributed by atoms with Gasteiger partial charge in [0.05, 0.1) is 18.7 Å². The number of hydrogen-bond acceptors (Lipinski definition) is 4. The summed E-state index contributed by atoms with van der Waals surface area (Å²) in [6.45, 7) is 11.8. The lowest BCUT2D eigenvalue weighted by Gasteiger charge is -2.23. The van der Waals surface area contributed by atoms with E-state index in [0.717, 1.165) is 38.6 Å². The molecule has 0 aliphatic heterocycles. The quantitative estimate of drug-likeness (QED) is 0.464. The standard InChI is InChI=1S/C19H36N4OS/c1-7-20-19(21-12-11-17(15(3)4)24-8-2)22-14-16(23(5)6)18-10-9-13-25-18/h9-10,13,15-17H,7-8,11-12,14H2,1-6H3,(H2,20,21,22). The smallest absolute Gasteiger partial charge is 0.191 e. The Labute approximate surface area is 157 Å². The van der Waals surface area contributed by atoms with Crippen LogP contribution in [0.3, 0.4) is 0 Å². The van der Waals surface area contributed by atoms with Crippen molar-refractivity contribution in [3.8, 4) is 0 Å². The number of nitrogens with one attached hydrogen (secondary N) is 2. The normalized spacial score (nSPS) is 14.8. The number of guanidine groups is 1. The van der Waals surface area contributed by atoms with Crippen molar-refractivity contribution in [3.05, 3.63) is 22.4 Å². The lowest BCUT2D eigenvalue weighted by molar-refractivity contribution is 0.0258. The molecule has 0 saturated carbocycles. The summed E-state index contributed by atoms with van der Waals surface area (Å²) in [5.74, 6) is 1.41. The van der Waals surface area contributed by atoms with E-state index in [0.29, 0.717) is 18.1 Å². The number of ether oxygens (including phenoxy) is 1. The minimum Gasteiger partial charge on any atom is -0.378 e. The van der Waals surface area contributed by atoms with E-state index in [-0.39, 0.29) is 0 Å². The first-order valence-electron chi connectivity index (χ1n) is 9.33. The van der Waals surface area contributed by atoms with Gasteiger partial charge in [-0.2, -0.15) is 0 Å². The van der Waals surface area contributed by atoms with Crippen LogP contribution in [-0.2, 0) is 4.74 Å². The van der Waals surface area contributed by atoms with Gasteiger partial charge in [0.1, 0.15) is 0 Å². The van der Waals surface area contributed by atoms with Crippen molar-refractivity contribution < 1.29 is 4.74 Å². The van der Waals surface area contributed by atoms with E-state index in [4.69, 9.17) is 9.73 Å². The second-order valence-corrected chi connectivity index (χ2v) is 7.65. The van der Waals surface area contributed by atoms with E-state index < -0.39 is 0 Å². The van der Waals surface area contributed by atoms with Gasteiger partial charge in [0.15, 0.2) is 5.96 Å². The summed E-state index contributed by atoms with van der Waals surface area (Å²) in [5, 5.41) is 8.91. The van der Waals surface area contributed by atoms with Crippen LogP contribution in [0.5, 0.6) is 0 Å². The van der Waals surface area contributed by atoms with Gasteiger partial charge in [0.25, 0.3) is 0 Å². The molecule has 0 spiro atoms. The van der Waals surface area contributed by atoms with Crippen LogP contribution in [0.4, 0.5) is 0 Å². The predicted octanol–water partition coefficient (Wildman–Crippen LogP) is 3.36. The summed E-state index contributed by atoms with van der Waals surface area (Å²) in [6.07, 6.45) is 1.28. The lowest BCUT2D eigenvalue weighted by atomic mass is 10.0. The first kappa shape index (κ1) is 21.9. The van der Waals surface area contributed by atoms with Gasteiger partial charge < -0.3 is 20.3 Å². The summed E-state index contributed by atoms with van der Waals surface area (Å²) < 4.78 is 5.82. The molecule has 2 N–H and O–H groups in total. The maximum absolute atomic E-state index is 5.82. The average Bonchev–Trinajstić information content (AvgIpc) is 3.07. The Hall–Kier alpha value is -1.11. The number of hydrogen-bond donors (Lipinski definition) is 2. The molecule has 2 atom stereocenters. The van der Waals surface area contributed by atoms with Gasteiger partial charge in [-0.1, -0.05) is 19.9 Å². The molecule has 1 aromatic heterocycles. The Morgan fingerprint density at radius 2 is 2.04 bits per heavy atom. The van der Waals surface area contributed by atoms with Gasteiger partial charge in [-0.3, -0.25) is 4.99 Å². The number of nitrogens with zero attached hydrogens (tertiary/aromatic N) is 2. The van der Waals surface area contributed by atoms with Crippen molar-refractivity contribution >= 4 is 17.3 Å². The molecule has 0 bridgehead atoms. The van der Waals surface area contributed by atoms with Gasteiger partial charge >= 0.3 is 0 Å². The fourth-order valence-corrected chi connectivity index (χ4v) is 3.58. The number of likely N-dealkylation sites (N-methyl/N-ethyl adjacent to an activating group) is 1. The zero-order chi connectivity index (χ0) is 18.7. The molecule has 0 radical (unpaired) electrons. The third-order valence-electron chi connectivity index (χ3n) is 4.11. The van der Waals surface area contributed by atoms with Crippen molar-refractivity contribution in [1.29, 1.82) is 0 Å². The number of rotatable bonds is 11. The Balaban J connectivity index is 2.60. The van der Waals surface area contributed by atoms with Gasteiger partial charge in [-0.25, -0.2) is 0 Å². The van der Waals surface area contributed by atoms with E-state index in [1.54, 1.807) is 11.3 Å². The van der Waals surface area contributed by atoms with Gasteiger partial charge in [0.2, 0.25) is 0 Å². The molecule has 0 saturated heterocycles. The molecule has 1 rings (SSSR count). The highest BCUT2D eigenvalue weighted by molar-refractivity contribution is 7.10. The molecule has 0 aliphatic rings. The fraction of sp³-hybridized carbons (Fsp3) is 0.737. The zero-order valence-corrected chi connectivity index (χ0v) is 17.5. The average molecular weight is 369 g/mol. The van der Waals surface area contributed by atoms with Gasteiger partial charge in [-0.15, -0.1) is 11.3 Å². The Bertz CT molecular complexity index is 474. The summed E-state index contributed by atoms with van der Waals surface area (Å²) in [7, 11) is 4.21. The molecule has 0 fully saturated rings. The number of aliphatic imine (C=N–C) groups is 1. The molecule has 0 amide bonds. The SMILES string of the molecule is CCNC(=NCC(c1cccs1)N(C)C)NCCC(OCC)C(C)C. The highest BCUT2D eigenvalue weighted by Crippen LogP contribution is 2.23. The molecule has 1 heterocycles. The van der Waals surface area contributed by atoms with Crippen molar-refractivity contribution in [3.63, 3.8) is 0 Å². The van der Waals surface area contributed by atoms with Crippen LogP contribution in [0, 0.1) is 5.92 Å². The summed E-state index contributed by atoms with van der Waals surface area (Å²) in [6, 6.07) is 4.59. The predicted molar refractivity (Wildman–Crippen MR) is 110 cm³/mol. The topological polar surface area (TPSA) is 48.9 Å². The van der Waals surface area contributed by atoms with E-state index in [1.165, 1.54) is 4.88 Å². The molecule has 1 aromatic rings. The van der Waals surface area contributed by atoms with Crippen LogP contribution < -0.4 is 10.6 Å². The van der Waals surface area contributed by atoms with Crippen LogP contribution >= 0.6 is 11.3 Å². The second kappa shape index (κ2) is 12.3. The fourth-order valence-electron chi connectivity index (χ4n) is 2.66. The highest BCUT2D eigenvalue weighted by Gasteiger charge is 2.16. The molecule has 6 heteroatoms.